The van der Waals surface area contributed by atoms with Gasteiger partial charge in [-0.2, -0.15) is 0 Å². The lowest BCUT2D eigenvalue weighted by Gasteiger charge is -2.45. The number of piperazine rings is 1. The Morgan fingerprint density at radius 3 is 2.33 bits per heavy atom. The average Bonchev–Trinajstić information content (AvgIpc) is 2.52. The van der Waals surface area contributed by atoms with Crippen LogP contribution in [0, 0.1) is 0 Å². The predicted octanol–water partition coefficient (Wildman–Crippen LogP) is 1.27. The third-order valence-corrected chi connectivity index (χ3v) is 4.24. The maximum Gasteiger partial charge on any atom is 0.249 e. The fourth-order valence-corrected chi connectivity index (χ4v) is 2.81. The van der Waals surface area contributed by atoms with E-state index in [1.165, 1.54) is 0 Å². The minimum absolute atomic E-state index is 0.0357. The van der Waals surface area contributed by atoms with E-state index in [4.69, 9.17) is 0 Å². The van der Waals surface area contributed by atoms with E-state index >= 15 is 0 Å². The number of amides is 2. The fourth-order valence-electron chi connectivity index (χ4n) is 2.81. The molecule has 0 radical (unpaired) electrons. The Morgan fingerprint density at radius 1 is 1.19 bits per heavy atom. The molecule has 1 aliphatic rings. The summed E-state index contributed by atoms with van der Waals surface area (Å²) in [5.74, 6) is 0.434. The Kier molecular flexibility index (Phi) is 4.55. The Labute approximate surface area is 125 Å². The van der Waals surface area contributed by atoms with Gasteiger partial charge in [0.05, 0.1) is 6.54 Å². The van der Waals surface area contributed by atoms with Crippen molar-refractivity contribution < 1.29 is 9.59 Å². The second-order valence-corrected chi connectivity index (χ2v) is 5.30. The SMILES string of the molecule is CCC1C(=O)NC(CC)(CC)C(=O)N1Cc1ncccn1. The standard InChI is InChI=1S/C15H22N4O2/c1-4-11-13(20)18-15(5-2,6-3)14(21)19(11)10-12-16-8-7-9-17-12/h7-9,11H,4-6,10H2,1-3H3,(H,18,20). The van der Waals surface area contributed by atoms with E-state index < -0.39 is 11.6 Å². The zero-order valence-electron chi connectivity index (χ0n) is 12.8. The van der Waals surface area contributed by atoms with Gasteiger partial charge in [-0.05, 0) is 25.3 Å². The highest BCUT2D eigenvalue weighted by Crippen LogP contribution is 2.27. The molecule has 21 heavy (non-hydrogen) atoms. The topological polar surface area (TPSA) is 75.2 Å². The molecule has 0 bridgehead atoms. The van der Waals surface area contributed by atoms with Crippen LogP contribution in [-0.2, 0) is 16.1 Å². The average molecular weight is 290 g/mol. The van der Waals surface area contributed by atoms with Gasteiger partial charge in [0.15, 0.2) is 0 Å². The molecule has 0 aromatic carbocycles. The molecule has 1 unspecified atom stereocenters. The molecule has 1 aliphatic heterocycles. The third kappa shape index (κ3) is 2.75. The van der Waals surface area contributed by atoms with E-state index in [1.54, 1.807) is 23.4 Å². The van der Waals surface area contributed by atoms with Crippen molar-refractivity contribution in [3.8, 4) is 0 Å². The molecule has 0 saturated carbocycles. The summed E-state index contributed by atoms with van der Waals surface area (Å²) in [7, 11) is 0. The number of carbonyl (C=O) groups is 2. The molecule has 1 saturated heterocycles. The molecule has 1 atom stereocenters. The van der Waals surface area contributed by atoms with Crippen LogP contribution in [0.1, 0.15) is 45.9 Å². The molecule has 2 amide bonds. The quantitative estimate of drug-likeness (QED) is 0.886. The summed E-state index contributed by atoms with van der Waals surface area (Å²) in [6, 6.07) is 1.28. The third-order valence-electron chi connectivity index (χ3n) is 4.24. The van der Waals surface area contributed by atoms with Gasteiger partial charge in [-0.25, -0.2) is 9.97 Å². The lowest BCUT2D eigenvalue weighted by Crippen LogP contribution is -2.69. The first kappa shape index (κ1) is 15.4. The molecular weight excluding hydrogens is 268 g/mol. The molecular formula is C15H22N4O2. The van der Waals surface area contributed by atoms with Crippen LogP contribution in [0.3, 0.4) is 0 Å². The van der Waals surface area contributed by atoms with Gasteiger partial charge in [0.25, 0.3) is 0 Å². The van der Waals surface area contributed by atoms with Gasteiger partial charge in [0, 0.05) is 12.4 Å². The van der Waals surface area contributed by atoms with Crippen molar-refractivity contribution in [1.82, 2.24) is 20.2 Å². The highest BCUT2D eigenvalue weighted by molar-refractivity contribution is 5.99. The van der Waals surface area contributed by atoms with Crippen LogP contribution < -0.4 is 5.32 Å². The summed E-state index contributed by atoms with van der Waals surface area (Å²) in [6.07, 6.45) is 5.02. The van der Waals surface area contributed by atoms with Gasteiger partial charge < -0.3 is 10.2 Å². The number of carbonyl (C=O) groups excluding carboxylic acids is 2. The maximum absolute atomic E-state index is 12.9. The number of hydrogen-bond donors (Lipinski definition) is 1. The second kappa shape index (κ2) is 6.20. The van der Waals surface area contributed by atoms with Crippen LogP contribution in [0.25, 0.3) is 0 Å². The molecule has 1 aromatic heterocycles. The molecule has 6 heteroatoms. The molecule has 0 spiro atoms. The van der Waals surface area contributed by atoms with Crippen molar-refractivity contribution in [3.05, 3.63) is 24.3 Å². The summed E-state index contributed by atoms with van der Waals surface area (Å²) < 4.78 is 0. The number of aromatic nitrogens is 2. The lowest BCUT2D eigenvalue weighted by atomic mass is 9.86. The van der Waals surface area contributed by atoms with E-state index in [1.807, 2.05) is 20.8 Å². The van der Waals surface area contributed by atoms with E-state index in [0.717, 1.165) is 0 Å². The lowest BCUT2D eigenvalue weighted by molar-refractivity contribution is -0.156. The molecule has 2 rings (SSSR count). The molecule has 2 heterocycles. The van der Waals surface area contributed by atoms with Crippen LogP contribution >= 0.6 is 0 Å². The largest absolute Gasteiger partial charge is 0.340 e. The highest BCUT2D eigenvalue weighted by Gasteiger charge is 2.48. The molecule has 6 nitrogen and oxygen atoms in total. The van der Waals surface area contributed by atoms with Crippen LogP contribution in [0.4, 0.5) is 0 Å². The van der Waals surface area contributed by atoms with Crippen molar-refractivity contribution in [2.45, 2.75) is 58.2 Å². The van der Waals surface area contributed by atoms with Crippen molar-refractivity contribution in [2.24, 2.45) is 0 Å². The van der Waals surface area contributed by atoms with E-state index in [2.05, 4.69) is 15.3 Å². The summed E-state index contributed by atoms with van der Waals surface area (Å²) in [4.78, 5) is 35.2. The first-order valence-electron chi connectivity index (χ1n) is 7.47. The summed E-state index contributed by atoms with van der Waals surface area (Å²) in [5.41, 5.74) is -0.794. The van der Waals surface area contributed by atoms with Gasteiger partial charge in [0.1, 0.15) is 17.4 Å². The summed E-state index contributed by atoms with van der Waals surface area (Å²) >= 11 is 0. The Balaban J connectivity index is 2.33. The van der Waals surface area contributed by atoms with Crippen molar-refractivity contribution >= 4 is 11.8 Å². The fraction of sp³-hybridized carbons (Fsp3) is 0.600. The molecule has 1 aromatic rings. The van der Waals surface area contributed by atoms with Crippen molar-refractivity contribution in [2.75, 3.05) is 0 Å². The van der Waals surface area contributed by atoms with Gasteiger partial charge >= 0.3 is 0 Å². The van der Waals surface area contributed by atoms with Crippen LogP contribution in [0.2, 0.25) is 0 Å². The summed E-state index contributed by atoms with van der Waals surface area (Å²) in [5, 5.41) is 2.92. The second-order valence-electron chi connectivity index (χ2n) is 5.30. The number of rotatable bonds is 5. The van der Waals surface area contributed by atoms with Crippen LogP contribution in [0.5, 0.6) is 0 Å². The molecule has 0 aliphatic carbocycles. The number of nitrogens with one attached hydrogen (secondary N) is 1. The zero-order chi connectivity index (χ0) is 15.5. The van der Waals surface area contributed by atoms with Crippen LogP contribution in [0.15, 0.2) is 18.5 Å². The van der Waals surface area contributed by atoms with Crippen LogP contribution in [-0.4, -0.2) is 38.3 Å². The predicted molar refractivity (Wildman–Crippen MR) is 78.1 cm³/mol. The van der Waals surface area contributed by atoms with Gasteiger partial charge in [-0.1, -0.05) is 20.8 Å². The molecule has 114 valence electrons. The van der Waals surface area contributed by atoms with Crippen molar-refractivity contribution in [3.63, 3.8) is 0 Å². The molecule has 1 N–H and O–H groups in total. The molecule has 1 fully saturated rings. The summed E-state index contributed by atoms with van der Waals surface area (Å²) in [6.45, 7) is 6.02. The normalized spacial score (nSPS) is 21.3. The van der Waals surface area contributed by atoms with E-state index in [0.29, 0.717) is 25.1 Å². The Morgan fingerprint density at radius 2 is 1.81 bits per heavy atom. The zero-order valence-corrected chi connectivity index (χ0v) is 12.8. The number of nitrogens with zero attached hydrogens (tertiary/aromatic N) is 3. The first-order valence-corrected chi connectivity index (χ1v) is 7.47. The monoisotopic (exact) mass is 290 g/mol. The first-order chi connectivity index (χ1) is 10.1. The Hall–Kier alpha value is -1.98. The number of hydrogen-bond acceptors (Lipinski definition) is 4. The minimum Gasteiger partial charge on any atom is -0.340 e. The highest BCUT2D eigenvalue weighted by atomic mass is 16.2. The van der Waals surface area contributed by atoms with Gasteiger partial charge in [0.2, 0.25) is 11.8 Å². The van der Waals surface area contributed by atoms with Crippen molar-refractivity contribution in [1.29, 1.82) is 0 Å². The Bertz CT molecular complexity index is 514. The van der Waals surface area contributed by atoms with Gasteiger partial charge in [-0.3, -0.25) is 9.59 Å². The minimum atomic E-state index is -0.794. The smallest absolute Gasteiger partial charge is 0.249 e. The van der Waals surface area contributed by atoms with E-state index in [9.17, 15) is 9.59 Å². The van der Waals surface area contributed by atoms with Gasteiger partial charge in [-0.15, -0.1) is 0 Å². The maximum atomic E-state index is 12.9. The van der Waals surface area contributed by atoms with E-state index in [-0.39, 0.29) is 18.4 Å².